The summed E-state index contributed by atoms with van der Waals surface area (Å²) < 4.78 is 1.65. The highest BCUT2D eigenvalue weighted by Crippen LogP contribution is 2.14. The maximum Gasteiger partial charge on any atom is 0.241 e. The molecule has 1 heterocycles. The van der Waals surface area contributed by atoms with Crippen LogP contribution < -0.4 is 11.1 Å². The molecular weight excluding hydrogens is 242 g/mol. The van der Waals surface area contributed by atoms with Crippen LogP contribution in [0.4, 0.5) is 5.69 Å². The van der Waals surface area contributed by atoms with Crippen LogP contribution >= 0.6 is 0 Å². The van der Waals surface area contributed by atoms with E-state index in [4.69, 9.17) is 5.73 Å². The van der Waals surface area contributed by atoms with Crippen molar-refractivity contribution < 1.29 is 4.79 Å². The van der Waals surface area contributed by atoms with E-state index in [1.54, 1.807) is 4.68 Å². The molecule has 1 amide bonds. The van der Waals surface area contributed by atoms with E-state index in [0.29, 0.717) is 5.69 Å². The average molecular weight is 267 g/mol. The zero-order valence-corrected chi connectivity index (χ0v) is 12.5. The fraction of sp³-hybridized carbons (Fsp3) is 0.692. The minimum absolute atomic E-state index is 0.0307. The molecule has 0 saturated heterocycles. The number of carbonyl (C=O) groups is 1. The number of aromatic nitrogens is 2. The topological polar surface area (TPSA) is 76.2 Å². The minimum Gasteiger partial charge on any atom is -0.396 e. The molecule has 1 aromatic rings. The lowest BCUT2D eigenvalue weighted by atomic mass is 10.2. The number of nitrogens with zero attached hydrogens (tertiary/aromatic N) is 3. The number of aryl methyl sites for hydroxylation is 1. The summed E-state index contributed by atoms with van der Waals surface area (Å²) in [5, 5.41) is 7.23. The van der Waals surface area contributed by atoms with Crippen LogP contribution in [0.2, 0.25) is 0 Å². The lowest BCUT2D eigenvalue weighted by Crippen LogP contribution is -2.37. The third-order valence-corrected chi connectivity index (χ3v) is 3.15. The first-order valence-electron chi connectivity index (χ1n) is 6.54. The number of nitrogen functional groups attached to an aromatic ring is 1. The first-order valence-corrected chi connectivity index (χ1v) is 6.54. The van der Waals surface area contributed by atoms with Gasteiger partial charge in [0.2, 0.25) is 5.91 Å². The molecule has 1 aromatic heterocycles. The molecule has 1 unspecified atom stereocenters. The molecule has 1 rings (SSSR count). The van der Waals surface area contributed by atoms with Gasteiger partial charge in [0.05, 0.1) is 17.1 Å². The van der Waals surface area contributed by atoms with Gasteiger partial charge in [-0.3, -0.25) is 9.48 Å². The SMILES string of the molecule is Cc1nn(CC(=O)NC(C)CCN(C)C)c(C)c1N. The Morgan fingerprint density at radius 2 is 2.11 bits per heavy atom. The van der Waals surface area contributed by atoms with Crippen molar-refractivity contribution in [3.05, 3.63) is 11.4 Å². The van der Waals surface area contributed by atoms with E-state index in [1.165, 1.54) is 0 Å². The number of anilines is 1. The fourth-order valence-electron chi connectivity index (χ4n) is 1.85. The molecule has 0 aliphatic rings. The maximum absolute atomic E-state index is 11.9. The Balaban J connectivity index is 2.49. The van der Waals surface area contributed by atoms with Crippen LogP contribution in [0, 0.1) is 13.8 Å². The second kappa shape index (κ2) is 6.56. The zero-order valence-electron chi connectivity index (χ0n) is 12.5. The number of nitrogens with two attached hydrogens (primary N) is 1. The zero-order chi connectivity index (χ0) is 14.6. The number of carbonyl (C=O) groups excluding carboxylic acids is 1. The summed E-state index contributed by atoms with van der Waals surface area (Å²) in [7, 11) is 4.04. The van der Waals surface area contributed by atoms with Gasteiger partial charge in [-0.25, -0.2) is 0 Å². The maximum atomic E-state index is 11.9. The van der Waals surface area contributed by atoms with Gasteiger partial charge in [-0.1, -0.05) is 0 Å². The molecule has 108 valence electrons. The van der Waals surface area contributed by atoms with E-state index >= 15 is 0 Å². The van der Waals surface area contributed by atoms with E-state index in [2.05, 4.69) is 15.3 Å². The van der Waals surface area contributed by atoms with Crippen LogP contribution in [-0.4, -0.2) is 47.3 Å². The Morgan fingerprint density at radius 1 is 1.47 bits per heavy atom. The van der Waals surface area contributed by atoms with Crippen molar-refractivity contribution in [1.29, 1.82) is 0 Å². The lowest BCUT2D eigenvalue weighted by molar-refractivity contribution is -0.122. The lowest BCUT2D eigenvalue weighted by Gasteiger charge is -2.17. The summed E-state index contributed by atoms with van der Waals surface area (Å²) in [6.07, 6.45) is 0.929. The van der Waals surface area contributed by atoms with E-state index < -0.39 is 0 Å². The van der Waals surface area contributed by atoms with E-state index in [9.17, 15) is 4.79 Å². The molecule has 1 atom stereocenters. The van der Waals surface area contributed by atoms with Gasteiger partial charge >= 0.3 is 0 Å². The third kappa shape index (κ3) is 4.55. The van der Waals surface area contributed by atoms with Crippen molar-refractivity contribution >= 4 is 11.6 Å². The van der Waals surface area contributed by atoms with Gasteiger partial charge in [-0.15, -0.1) is 0 Å². The van der Waals surface area contributed by atoms with E-state index in [0.717, 1.165) is 24.4 Å². The molecular formula is C13H25N5O. The highest BCUT2D eigenvalue weighted by molar-refractivity contribution is 5.76. The minimum atomic E-state index is -0.0307. The number of hydrogen-bond donors (Lipinski definition) is 2. The quantitative estimate of drug-likeness (QED) is 0.788. The molecule has 19 heavy (non-hydrogen) atoms. The second-order valence-electron chi connectivity index (χ2n) is 5.30. The first kappa shape index (κ1) is 15.5. The van der Waals surface area contributed by atoms with Crippen molar-refractivity contribution in [1.82, 2.24) is 20.0 Å². The Hall–Kier alpha value is -1.56. The van der Waals surface area contributed by atoms with Crippen LogP contribution in [0.15, 0.2) is 0 Å². The summed E-state index contributed by atoms with van der Waals surface area (Å²) in [4.78, 5) is 14.0. The van der Waals surface area contributed by atoms with Crippen molar-refractivity contribution in [2.45, 2.75) is 39.8 Å². The molecule has 0 saturated carbocycles. The number of hydrogen-bond acceptors (Lipinski definition) is 4. The normalized spacial score (nSPS) is 12.7. The molecule has 0 bridgehead atoms. The molecule has 6 nitrogen and oxygen atoms in total. The second-order valence-corrected chi connectivity index (χ2v) is 5.30. The Bertz CT molecular complexity index is 438. The molecule has 0 radical (unpaired) electrons. The van der Waals surface area contributed by atoms with Gasteiger partial charge in [0.15, 0.2) is 0 Å². The molecule has 0 fully saturated rings. The summed E-state index contributed by atoms with van der Waals surface area (Å²) in [6.45, 7) is 6.90. The molecule has 0 aliphatic carbocycles. The predicted molar refractivity (Wildman–Crippen MR) is 76.9 cm³/mol. The van der Waals surface area contributed by atoms with Gasteiger partial charge < -0.3 is 16.0 Å². The predicted octanol–water partition coefficient (Wildman–Crippen LogP) is 0.539. The first-order chi connectivity index (χ1) is 8.81. The molecule has 0 aromatic carbocycles. The van der Waals surface area contributed by atoms with E-state index in [-0.39, 0.29) is 18.5 Å². The monoisotopic (exact) mass is 267 g/mol. The van der Waals surface area contributed by atoms with Gasteiger partial charge in [0, 0.05) is 6.04 Å². The van der Waals surface area contributed by atoms with Crippen molar-refractivity contribution in [2.24, 2.45) is 0 Å². The summed E-state index contributed by atoms with van der Waals surface area (Å²) in [6, 6.07) is 0.157. The number of nitrogens with one attached hydrogen (secondary N) is 1. The molecule has 0 aliphatic heterocycles. The highest BCUT2D eigenvalue weighted by Gasteiger charge is 2.13. The Morgan fingerprint density at radius 3 is 2.58 bits per heavy atom. The molecule has 0 spiro atoms. The van der Waals surface area contributed by atoms with Crippen molar-refractivity contribution in [2.75, 3.05) is 26.4 Å². The number of amides is 1. The Labute approximate surface area is 114 Å². The summed E-state index contributed by atoms with van der Waals surface area (Å²) in [5.41, 5.74) is 8.11. The van der Waals surface area contributed by atoms with Gasteiger partial charge in [-0.05, 0) is 47.8 Å². The standard InChI is InChI=1S/C13H25N5O/c1-9(6-7-17(4)5)15-12(19)8-18-11(3)13(14)10(2)16-18/h9H,6-8,14H2,1-5H3,(H,15,19). The van der Waals surface area contributed by atoms with Crippen LogP contribution in [0.3, 0.4) is 0 Å². The van der Waals surface area contributed by atoms with E-state index in [1.807, 2.05) is 34.9 Å². The van der Waals surface area contributed by atoms with Crippen LogP contribution in [0.5, 0.6) is 0 Å². The van der Waals surface area contributed by atoms with Crippen molar-refractivity contribution in [3.8, 4) is 0 Å². The fourth-order valence-corrected chi connectivity index (χ4v) is 1.85. The average Bonchev–Trinajstić information content (AvgIpc) is 2.54. The highest BCUT2D eigenvalue weighted by atomic mass is 16.2. The van der Waals surface area contributed by atoms with Gasteiger partial charge in [-0.2, -0.15) is 5.10 Å². The Kier molecular flexibility index (Phi) is 5.35. The molecule has 3 N–H and O–H groups in total. The number of rotatable bonds is 6. The van der Waals surface area contributed by atoms with Gasteiger partial charge in [0.25, 0.3) is 0 Å². The third-order valence-electron chi connectivity index (χ3n) is 3.15. The smallest absolute Gasteiger partial charge is 0.241 e. The van der Waals surface area contributed by atoms with Crippen LogP contribution in [0.1, 0.15) is 24.7 Å². The largest absolute Gasteiger partial charge is 0.396 e. The van der Waals surface area contributed by atoms with Crippen LogP contribution in [-0.2, 0) is 11.3 Å². The van der Waals surface area contributed by atoms with Crippen LogP contribution in [0.25, 0.3) is 0 Å². The van der Waals surface area contributed by atoms with Crippen molar-refractivity contribution in [3.63, 3.8) is 0 Å². The van der Waals surface area contributed by atoms with Gasteiger partial charge in [0.1, 0.15) is 6.54 Å². The summed E-state index contributed by atoms with van der Waals surface area (Å²) in [5.74, 6) is -0.0307. The summed E-state index contributed by atoms with van der Waals surface area (Å²) >= 11 is 0. The molecule has 6 heteroatoms.